The molecule has 1 aliphatic rings. The summed E-state index contributed by atoms with van der Waals surface area (Å²) in [4.78, 5) is 19.3. The van der Waals surface area contributed by atoms with Crippen molar-refractivity contribution in [2.75, 3.05) is 26.3 Å². The highest BCUT2D eigenvalue weighted by Gasteiger charge is 2.23. The molecule has 0 N–H and O–H groups in total. The van der Waals surface area contributed by atoms with Crippen LogP contribution < -0.4 is 0 Å². The van der Waals surface area contributed by atoms with Crippen molar-refractivity contribution in [3.63, 3.8) is 0 Å². The summed E-state index contributed by atoms with van der Waals surface area (Å²) in [6, 6.07) is 11.8. The van der Waals surface area contributed by atoms with E-state index in [1.54, 1.807) is 12.3 Å². The van der Waals surface area contributed by atoms with E-state index in [2.05, 4.69) is 18.0 Å². The van der Waals surface area contributed by atoms with Crippen LogP contribution in [0.2, 0.25) is 5.15 Å². The first-order chi connectivity index (χ1) is 13.2. The lowest BCUT2D eigenvalue weighted by molar-refractivity contribution is -0.128. The highest BCUT2D eigenvalue weighted by atomic mass is 35.5. The first-order valence-corrected chi connectivity index (χ1v) is 9.85. The van der Waals surface area contributed by atoms with Gasteiger partial charge in [0, 0.05) is 24.9 Å². The molecule has 1 fully saturated rings. The second-order valence-corrected chi connectivity index (χ2v) is 7.02. The normalized spacial score (nSPS) is 15.0. The molecule has 0 spiro atoms. The Bertz CT molecular complexity index is 813. The van der Waals surface area contributed by atoms with Crippen molar-refractivity contribution in [3.8, 4) is 0 Å². The van der Waals surface area contributed by atoms with Crippen LogP contribution in [-0.4, -0.2) is 42.1 Å². The molecule has 1 amide bonds. The summed E-state index contributed by atoms with van der Waals surface area (Å²) < 4.78 is 5.41. The zero-order valence-electron chi connectivity index (χ0n) is 15.7. The van der Waals surface area contributed by atoms with Gasteiger partial charge in [-0.2, -0.15) is 0 Å². The second kappa shape index (κ2) is 9.67. The summed E-state index contributed by atoms with van der Waals surface area (Å²) in [7, 11) is 0. The minimum Gasteiger partial charge on any atom is -0.378 e. The van der Waals surface area contributed by atoms with Crippen molar-refractivity contribution >= 4 is 29.2 Å². The number of halogens is 1. The molecule has 4 nitrogen and oxygen atoms in total. The molecule has 1 saturated heterocycles. The van der Waals surface area contributed by atoms with Gasteiger partial charge in [0.05, 0.1) is 13.2 Å². The first-order valence-electron chi connectivity index (χ1n) is 9.47. The molecule has 1 aliphatic heterocycles. The van der Waals surface area contributed by atoms with Crippen molar-refractivity contribution in [2.24, 2.45) is 0 Å². The van der Waals surface area contributed by atoms with Crippen LogP contribution in [0.25, 0.3) is 11.6 Å². The number of morpholine rings is 1. The molecule has 0 radical (unpaired) electrons. The molecule has 27 heavy (non-hydrogen) atoms. The Labute approximate surface area is 165 Å². The fraction of sp³-hybridized carbons (Fsp3) is 0.364. The molecule has 3 rings (SSSR count). The van der Waals surface area contributed by atoms with Gasteiger partial charge in [-0.25, -0.2) is 4.98 Å². The summed E-state index contributed by atoms with van der Waals surface area (Å²) in [6.45, 7) is 4.57. The zero-order valence-corrected chi connectivity index (χ0v) is 16.4. The average molecular weight is 385 g/mol. The van der Waals surface area contributed by atoms with Crippen LogP contribution in [-0.2, 0) is 16.0 Å². The molecular weight excluding hydrogens is 360 g/mol. The standard InChI is InChI=1S/C22H25ClN2O2/c1-2-3-6-18-7-4-5-8-19(18)20(15-17-9-10-24-21(23)16-17)22(26)25-11-13-27-14-12-25/h4-5,7-10,15-16H,2-3,6,11-14H2,1H3. The van der Waals surface area contributed by atoms with E-state index in [0.717, 1.165) is 30.4 Å². The van der Waals surface area contributed by atoms with Crippen LogP contribution in [0, 0.1) is 0 Å². The first kappa shape index (κ1) is 19.6. The molecule has 0 aliphatic carbocycles. The Kier molecular flexibility index (Phi) is 7.02. The van der Waals surface area contributed by atoms with E-state index in [-0.39, 0.29) is 5.91 Å². The highest BCUT2D eigenvalue weighted by Crippen LogP contribution is 2.26. The predicted octanol–water partition coefficient (Wildman–Crippen LogP) is 4.48. The van der Waals surface area contributed by atoms with E-state index < -0.39 is 0 Å². The zero-order chi connectivity index (χ0) is 19.1. The van der Waals surface area contributed by atoms with Gasteiger partial charge in [0.15, 0.2) is 0 Å². The molecule has 142 valence electrons. The quantitative estimate of drug-likeness (QED) is 0.544. The third-order valence-electron chi connectivity index (χ3n) is 4.70. The third-order valence-corrected chi connectivity index (χ3v) is 4.90. The van der Waals surface area contributed by atoms with Gasteiger partial charge in [-0.05, 0) is 47.7 Å². The predicted molar refractivity (Wildman–Crippen MR) is 110 cm³/mol. The minimum atomic E-state index is 0.0372. The smallest absolute Gasteiger partial charge is 0.254 e. The van der Waals surface area contributed by atoms with Crippen molar-refractivity contribution in [3.05, 3.63) is 64.4 Å². The largest absolute Gasteiger partial charge is 0.378 e. The van der Waals surface area contributed by atoms with Gasteiger partial charge >= 0.3 is 0 Å². The van der Waals surface area contributed by atoms with Gasteiger partial charge in [0.2, 0.25) is 0 Å². The maximum Gasteiger partial charge on any atom is 0.254 e. The Hall–Kier alpha value is -2.17. The van der Waals surface area contributed by atoms with Gasteiger partial charge in [-0.1, -0.05) is 49.2 Å². The molecule has 5 heteroatoms. The van der Waals surface area contributed by atoms with Crippen molar-refractivity contribution in [1.29, 1.82) is 0 Å². The monoisotopic (exact) mass is 384 g/mol. The maximum atomic E-state index is 13.4. The number of unbranched alkanes of at least 4 members (excludes halogenated alkanes) is 1. The van der Waals surface area contributed by atoms with Gasteiger partial charge in [-0.15, -0.1) is 0 Å². The number of aromatic nitrogens is 1. The highest BCUT2D eigenvalue weighted by molar-refractivity contribution is 6.29. The fourth-order valence-corrected chi connectivity index (χ4v) is 3.42. The summed E-state index contributed by atoms with van der Waals surface area (Å²) in [5.41, 5.74) is 3.77. The summed E-state index contributed by atoms with van der Waals surface area (Å²) in [6.07, 6.45) is 6.75. The molecule has 0 saturated carbocycles. The summed E-state index contributed by atoms with van der Waals surface area (Å²) in [5.74, 6) is 0.0372. The second-order valence-electron chi connectivity index (χ2n) is 6.64. The van der Waals surface area contributed by atoms with Crippen LogP contribution in [0.4, 0.5) is 0 Å². The topological polar surface area (TPSA) is 42.4 Å². The van der Waals surface area contributed by atoms with Crippen LogP contribution in [0.3, 0.4) is 0 Å². The van der Waals surface area contributed by atoms with Gasteiger partial charge < -0.3 is 9.64 Å². The Morgan fingerprint density at radius 2 is 2.04 bits per heavy atom. The third kappa shape index (κ3) is 5.18. The molecule has 0 unspecified atom stereocenters. The lowest BCUT2D eigenvalue weighted by Crippen LogP contribution is -2.41. The van der Waals surface area contributed by atoms with Crippen LogP contribution in [0.15, 0.2) is 42.6 Å². The van der Waals surface area contributed by atoms with Crippen molar-refractivity contribution < 1.29 is 9.53 Å². The number of aryl methyl sites for hydroxylation is 1. The fourth-order valence-electron chi connectivity index (χ4n) is 3.23. The number of ether oxygens (including phenoxy) is 1. The van der Waals surface area contributed by atoms with Gasteiger partial charge in [0.1, 0.15) is 5.15 Å². The molecule has 2 heterocycles. The lowest BCUT2D eigenvalue weighted by Gasteiger charge is -2.28. The van der Waals surface area contributed by atoms with E-state index in [0.29, 0.717) is 37.0 Å². The van der Waals surface area contributed by atoms with E-state index in [1.807, 2.05) is 35.2 Å². The lowest BCUT2D eigenvalue weighted by atomic mass is 9.94. The van der Waals surface area contributed by atoms with Gasteiger partial charge in [-0.3, -0.25) is 4.79 Å². The van der Waals surface area contributed by atoms with E-state index >= 15 is 0 Å². The number of pyridine rings is 1. The van der Waals surface area contributed by atoms with E-state index in [4.69, 9.17) is 16.3 Å². The van der Waals surface area contributed by atoms with Crippen LogP contribution >= 0.6 is 11.6 Å². The molecule has 1 aromatic heterocycles. The molecule has 1 aromatic carbocycles. The maximum absolute atomic E-state index is 13.4. The number of nitrogens with zero attached hydrogens (tertiary/aromatic N) is 2. The van der Waals surface area contributed by atoms with Crippen molar-refractivity contribution in [1.82, 2.24) is 9.88 Å². The number of hydrogen-bond acceptors (Lipinski definition) is 3. The number of carbonyl (C=O) groups excluding carboxylic acids is 1. The summed E-state index contributed by atoms with van der Waals surface area (Å²) >= 11 is 6.05. The molecule has 0 atom stereocenters. The van der Waals surface area contributed by atoms with Crippen LogP contribution in [0.1, 0.15) is 36.5 Å². The minimum absolute atomic E-state index is 0.0372. The Morgan fingerprint density at radius 3 is 2.78 bits per heavy atom. The van der Waals surface area contributed by atoms with E-state index in [1.165, 1.54) is 5.56 Å². The molecule has 2 aromatic rings. The SMILES string of the molecule is CCCCc1ccccc1C(=Cc1ccnc(Cl)c1)C(=O)N1CCOCC1. The van der Waals surface area contributed by atoms with Crippen molar-refractivity contribution in [2.45, 2.75) is 26.2 Å². The number of benzene rings is 1. The summed E-state index contributed by atoms with van der Waals surface area (Å²) in [5, 5.41) is 0.418. The number of rotatable bonds is 6. The Balaban J connectivity index is 2.03. The molecule has 0 bridgehead atoms. The van der Waals surface area contributed by atoms with E-state index in [9.17, 15) is 4.79 Å². The van der Waals surface area contributed by atoms with Gasteiger partial charge in [0.25, 0.3) is 5.91 Å². The number of carbonyl (C=O) groups is 1. The molecular formula is C22H25ClN2O2. The number of hydrogen-bond donors (Lipinski definition) is 0. The average Bonchev–Trinajstić information content (AvgIpc) is 2.71. The van der Waals surface area contributed by atoms with Crippen LogP contribution in [0.5, 0.6) is 0 Å². The number of amides is 1. The Morgan fingerprint density at radius 1 is 1.26 bits per heavy atom.